The van der Waals surface area contributed by atoms with Crippen LogP contribution >= 0.6 is 91.2 Å². The Morgan fingerprint density at radius 1 is 0.667 bits per heavy atom. The molecule has 0 atom stereocenters. The summed E-state index contributed by atoms with van der Waals surface area (Å²) >= 11 is 32.9. The normalized spacial score (nSPS) is 13.5. The van der Waals surface area contributed by atoms with Crippen molar-refractivity contribution in [3.63, 3.8) is 0 Å². The van der Waals surface area contributed by atoms with E-state index in [1.54, 1.807) is 0 Å². The molecular weight excluding hydrogens is 325 g/mol. The highest BCUT2D eigenvalue weighted by atomic mass is 35.6. The average Bonchev–Trinajstić information content (AvgIpc) is 1.76. The fraction of sp³-hybridized carbons (Fsp3) is 1.00. The first kappa shape index (κ1) is 14.4. The fourth-order valence-electron chi connectivity index (χ4n) is 0.217. The predicted octanol–water partition coefficient (Wildman–Crippen LogP) is 5.11. The Labute approximate surface area is 109 Å². The zero-order valence-corrected chi connectivity index (χ0v) is 11.7. The molecule has 0 rings (SSSR count). The van der Waals surface area contributed by atoms with E-state index in [1.807, 2.05) is 0 Å². The van der Waals surface area contributed by atoms with Crippen LogP contribution in [0.2, 0.25) is 0 Å². The molecule has 0 heterocycles. The molecule has 8 heteroatoms. The number of alkyl halides is 6. The van der Waals surface area contributed by atoms with Gasteiger partial charge in [0.05, 0.1) is 11.5 Å². The lowest BCUT2D eigenvalue weighted by atomic mass is 10.9. The Morgan fingerprint density at radius 3 is 1.08 bits per heavy atom. The molecule has 0 bridgehead atoms. The quantitative estimate of drug-likeness (QED) is 0.401. The van der Waals surface area contributed by atoms with E-state index in [0.717, 1.165) is 0 Å². The van der Waals surface area contributed by atoms with Crippen molar-refractivity contribution in [2.24, 2.45) is 0 Å². The molecule has 0 saturated heterocycles. The van der Waals surface area contributed by atoms with E-state index in [1.165, 1.54) is 21.6 Å². The molecule has 12 heavy (non-hydrogen) atoms. The molecule has 0 aromatic carbocycles. The maximum atomic E-state index is 5.48. The van der Waals surface area contributed by atoms with E-state index in [9.17, 15) is 0 Å². The fourth-order valence-corrected chi connectivity index (χ4v) is 4.36. The second-order valence-electron chi connectivity index (χ2n) is 1.75. The second kappa shape index (κ2) is 6.12. The van der Waals surface area contributed by atoms with Gasteiger partial charge in [0.2, 0.25) is 0 Å². The van der Waals surface area contributed by atoms with Gasteiger partial charge in [-0.05, 0) is 0 Å². The van der Waals surface area contributed by atoms with Gasteiger partial charge in [-0.25, -0.2) is 0 Å². The summed E-state index contributed by atoms with van der Waals surface area (Å²) in [5.74, 6) is 0.728. The van der Waals surface area contributed by atoms with E-state index in [4.69, 9.17) is 69.6 Å². The van der Waals surface area contributed by atoms with Gasteiger partial charge in [0, 0.05) is 0 Å². The summed E-state index contributed by atoms with van der Waals surface area (Å²) in [6.45, 7) is 0. The number of rotatable bonds is 3. The smallest absolute Gasteiger partial charge is 0.0895 e. The van der Waals surface area contributed by atoms with Crippen LogP contribution in [-0.2, 0) is 0 Å². The van der Waals surface area contributed by atoms with Gasteiger partial charge < -0.3 is 0 Å². The Kier molecular flexibility index (Phi) is 7.36. The van der Waals surface area contributed by atoms with Crippen molar-refractivity contribution in [2.75, 3.05) is 11.5 Å². The molecule has 0 N–H and O–H groups in total. The van der Waals surface area contributed by atoms with Crippen molar-refractivity contribution < 1.29 is 0 Å². The lowest BCUT2D eigenvalue weighted by Crippen LogP contribution is -2.07. The molecule has 74 valence electrons. The van der Waals surface area contributed by atoms with Gasteiger partial charge in [-0.15, -0.1) is 0 Å². The summed E-state index contributed by atoms with van der Waals surface area (Å²) in [5, 5.41) is 0. The Balaban J connectivity index is 3.35. The molecule has 0 aliphatic carbocycles. The summed E-state index contributed by atoms with van der Waals surface area (Å²) in [6.07, 6.45) is 0. The zero-order valence-electron chi connectivity index (χ0n) is 5.50. The van der Waals surface area contributed by atoms with Crippen LogP contribution in [0.3, 0.4) is 0 Å². The van der Waals surface area contributed by atoms with Crippen LogP contribution in [0.5, 0.6) is 0 Å². The molecule has 0 aliphatic heterocycles. The molecule has 0 nitrogen and oxygen atoms in total. The van der Waals surface area contributed by atoms with Gasteiger partial charge in [0.1, 0.15) is 0 Å². The number of hydrogen-bond acceptors (Lipinski definition) is 2. The Morgan fingerprint density at radius 2 is 0.917 bits per heavy atom. The molecule has 0 aromatic rings. The van der Waals surface area contributed by atoms with Crippen LogP contribution in [0.25, 0.3) is 0 Å². The van der Waals surface area contributed by atoms with Crippen molar-refractivity contribution in [2.45, 2.75) is 7.59 Å². The highest BCUT2D eigenvalue weighted by Crippen LogP contribution is 2.39. The van der Waals surface area contributed by atoms with E-state index >= 15 is 0 Å². The van der Waals surface area contributed by atoms with E-state index in [0.29, 0.717) is 11.5 Å². The molecule has 0 saturated carbocycles. The van der Waals surface area contributed by atoms with Crippen LogP contribution in [0, 0.1) is 0 Å². The van der Waals surface area contributed by atoms with Gasteiger partial charge in [-0.2, -0.15) is 0 Å². The van der Waals surface area contributed by atoms with Gasteiger partial charge in [0.25, 0.3) is 0 Å². The van der Waals surface area contributed by atoms with E-state index < -0.39 is 7.59 Å². The summed E-state index contributed by atoms with van der Waals surface area (Å²) in [6, 6.07) is 0. The molecule has 0 fully saturated rings. The predicted molar refractivity (Wildman–Crippen MR) is 65.5 cm³/mol. The highest BCUT2D eigenvalue weighted by molar-refractivity contribution is 8.76. The minimum absolute atomic E-state index is 0.364. The zero-order chi connectivity index (χ0) is 9.83. The molecular formula is C4H4Cl6S2. The summed E-state index contributed by atoms with van der Waals surface area (Å²) < 4.78 is -2.49. The Bertz CT molecular complexity index is 110. The average molecular weight is 329 g/mol. The third-order valence-corrected chi connectivity index (χ3v) is 4.76. The summed E-state index contributed by atoms with van der Waals surface area (Å²) in [7, 11) is 2.71. The summed E-state index contributed by atoms with van der Waals surface area (Å²) in [4.78, 5) is 0. The second-order valence-corrected chi connectivity index (χ2v) is 9.25. The van der Waals surface area contributed by atoms with Crippen molar-refractivity contribution in [1.29, 1.82) is 0 Å². The van der Waals surface area contributed by atoms with Crippen LogP contribution in [-0.4, -0.2) is 19.1 Å². The first-order valence-corrected chi connectivity index (χ1v) is 7.34. The van der Waals surface area contributed by atoms with Crippen molar-refractivity contribution >= 4 is 91.2 Å². The monoisotopic (exact) mass is 326 g/mol. The molecule has 0 radical (unpaired) electrons. The molecule has 0 spiro atoms. The van der Waals surface area contributed by atoms with Gasteiger partial charge in [-0.3, -0.25) is 0 Å². The molecule has 0 amide bonds. The SMILES string of the molecule is ClC(Cl)(Cl)CSSCC(Cl)(Cl)Cl. The lowest BCUT2D eigenvalue weighted by Gasteiger charge is -2.11. The minimum atomic E-state index is -1.24. The minimum Gasteiger partial charge on any atom is -0.0895 e. The standard InChI is InChI=1S/C4H4Cl6S2/c5-3(6,7)1-11-12-2-4(8,9)10/h1-2H2. The van der Waals surface area contributed by atoms with Gasteiger partial charge >= 0.3 is 0 Å². The largest absolute Gasteiger partial charge is 0.200 e. The highest BCUT2D eigenvalue weighted by Gasteiger charge is 2.23. The van der Waals surface area contributed by atoms with E-state index in [-0.39, 0.29) is 0 Å². The first-order valence-electron chi connectivity index (χ1n) is 2.59. The van der Waals surface area contributed by atoms with Crippen molar-refractivity contribution in [3.8, 4) is 0 Å². The first-order chi connectivity index (χ1) is 5.21. The molecule has 0 unspecified atom stereocenters. The summed E-state index contributed by atoms with van der Waals surface area (Å²) in [5.41, 5.74) is 0. The van der Waals surface area contributed by atoms with Crippen LogP contribution in [0.1, 0.15) is 0 Å². The molecule has 0 aromatic heterocycles. The van der Waals surface area contributed by atoms with Crippen molar-refractivity contribution in [3.05, 3.63) is 0 Å². The van der Waals surface area contributed by atoms with E-state index in [2.05, 4.69) is 0 Å². The third kappa shape index (κ3) is 12.4. The van der Waals surface area contributed by atoms with Crippen LogP contribution in [0.15, 0.2) is 0 Å². The van der Waals surface area contributed by atoms with Crippen molar-refractivity contribution in [1.82, 2.24) is 0 Å². The van der Waals surface area contributed by atoms with Gasteiger partial charge in [0.15, 0.2) is 7.59 Å². The number of hydrogen-bond donors (Lipinski definition) is 0. The van der Waals surface area contributed by atoms with Gasteiger partial charge in [-0.1, -0.05) is 91.2 Å². The maximum Gasteiger partial charge on any atom is 0.200 e. The third-order valence-electron chi connectivity index (χ3n) is 0.529. The lowest BCUT2D eigenvalue weighted by molar-refractivity contribution is 1.29. The Hall–Kier alpha value is 2.44. The number of halogens is 6. The molecule has 0 aliphatic rings. The van der Waals surface area contributed by atoms with Crippen LogP contribution in [0.4, 0.5) is 0 Å². The van der Waals surface area contributed by atoms with Crippen LogP contribution < -0.4 is 0 Å². The maximum absolute atomic E-state index is 5.48. The topological polar surface area (TPSA) is 0 Å².